The van der Waals surface area contributed by atoms with Crippen LogP contribution in [0.5, 0.6) is 0 Å². The summed E-state index contributed by atoms with van der Waals surface area (Å²) in [4.78, 5) is 26.8. The lowest BCUT2D eigenvalue weighted by Gasteiger charge is -1.95. The Morgan fingerprint density at radius 1 is 1.47 bits per heavy atom. The molecule has 0 aliphatic rings. The minimum atomic E-state index is -0.0890. The molecule has 1 rings (SSSR count). The maximum atomic E-state index is 11.1. The monoisotopic (exact) mass is 292 g/mol. The lowest BCUT2D eigenvalue weighted by atomic mass is 10.3. The van der Waals surface area contributed by atoms with Crippen LogP contribution < -0.4 is 5.32 Å². The second kappa shape index (κ2) is 5.97. The van der Waals surface area contributed by atoms with Gasteiger partial charge < -0.3 is 5.32 Å². The summed E-state index contributed by atoms with van der Waals surface area (Å²) >= 11 is 1.22. The van der Waals surface area contributed by atoms with Gasteiger partial charge in [-0.1, -0.05) is 18.3 Å². The summed E-state index contributed by atoms with van der Waals surface area (Å²) in [5.74, 6) is -0.106. The number of hydrogen-bond acceptors (Lipinski definition) is 4. The molecule has 0 aromatic carbocycles. The van der Waals surface area contributed by atoms with Crippen molar-refractivity contribution in [3.05, 3.63) is 10.6 Å². The van der Waals surface area contributed by atoms with Crippen LogP contribution >= 0.6 is 28.3 Å². The number of thiazole rings is 1. The Kier molecular flexibility index (Phi) is 5.67. The van der Waals surface area contributed by atoms with E-state index in [0.29, 0.717) is 22.1 Å². The van der Waals surface area contributed by atoms with Gasteiger partial charge in [0, 0.05) is 13.3 Å². The van der Waals surface area contributed by atoms with E-state index in [1.165, 1.54) is 18.3 Å². The van der Waals surface area contributed by atoms with Crippen LogP contribution in [0.3, 0.4) is 0 Å². The Labute approximate surface area is 103 Å². The van der Waals surface area contributed by atoms with E-state index in [1.807, 2.05) is 0 Å². The van der Waals surface area contributed by atoms with Crippen LogP contribution in [0.1, 0.15) is 35.6 Å². The van der Waals surface area contributed by atoms with Crippen LogP contribution in [0.2, 0.25) is 0 Å². The number of amides is 1. The van der Waals surface area contributed by atoms with Crippen LogP contribution in [-0.4, -0.2) is 16.7 Å². The molecule has 4 nitrogen and oxygen atoms in total. The third-order valence-corrected chi connectivity index (χ3v) is 2.86. The molecule has 0 unspecified atom stereocenters. The number of Topliss-reactive ketones (excluding diaryl/α,β-unsaturated/α-hetero) is 1. The molecule has 0 saturated carbocycles. The Bertz CT molecular complexity index is 376. The first-order valence-electron chi connectivity index (χ1n) is 4.32. The molecular formula is C9H13BrN2O2S. The number of nitrogens with zero attached hydrogens (tertiary/aromatic N) is 1. The smallest absolute Gasteiger partial charge is 0.225 e. The summed E-state index contributed by atoms with van der Waals surface area (Å²) in [6, 6.07) is 0. The molecule has 0 aliphatic carbocycles. The fourth-order valence-electron chi connectivity index (χ4n) is 0.984. The number of carbonyl (C=O) groups is 2. The number of carbonyl (C=O) groups excluding carboxylic acids is 2. The molecule has 0 bridgehead atoms. The Morgan fingerprint density at radius 3 is 2.47 bits per heavy atom. The van der Waals surface area contributed by atoms with Crippen molar-refractivity contribution in [1.29, 1.82) is 0 Å². The number of anilines is 1. The Morgan fingerprint density at radius 2 is 2.07 bits per heavy atom. The van der Waals surface area contributed by atoms with Crippen molar-refractivity contribution < 1.29 is 9.59 Å². The van der Waals surface area contributed by atoms with Crippen LogP contribution in [-0.2, 0) is 4.79 Å². The van der Waals surface area contributed by atoms with Crippen LogP contribution in [0.4, 0.5) is 5.13 Å². The number of aryl methyl sites for hydroxylation is 1. The zero-order chi connectivity index (χ0) is 10.7. The first-order valence-corrected chi connectivity index (χ1v) is 5.14. The second-order valence-corrected chi connectivity index (χ2v) is 3.89. The minimum Gasteiger partial charge on any atom is -0.302 e. The van der Waals surface area contributed by atoms with Crippen molar-refractivity contribution in [2.24, 2.45) is 0 Å². The summed E-state index contributed by atoms with van der Waals surface area (Å²) in [6.07, 6.45) is 0.411. The molecule has 1 heterocycles. The molecule has 1 N–H and O–H groups in total. The van der Waals surface area contributed by atoms with Gasteiger partial charge in [0.15, 0.2) is 10.9 Å². The topological polar surface area (TPSA) is 59.1 Å². The van der Waals surface area contributed by atoms with Gasteiger partial charge in [-0.2, -0.15) is 0 Å². The van der Waals surface area contributed by atoms with Crippen molar-refractivity contribution in [3.8, 4) is 0 Å². The van der Waals surface area contributed by atoms with E-state index in [2.05, 4.69) is 10.3 Å². The molecule has 6 heteroatoms. The van der Waals surface area contributed by atoms with Gasteiger partial charge in [-0.3, -0.25) is 9.59 Å². The molecule has 84 valence electrons. The van der Waals surface area contributed by atoms with Crippen molar-refractivity contribution in [3.63, 3.8) is 0 Å². The maximum Gasteiger partial charge on any atom is 0.225 e. The first-order chi connectivity index (χ1) is 6.54. The predicted octanol–water partition coefficient (Wildman–Crippen LogP) is 2.58. The molecule has 1 aromatic heterocycles. The molecule has 0 spiro atoms. The van der Waals surface area contributed by atoms with Crippen LogP contribution in [0.25, 0.3) is 0 Å². The number of halogens is 1. The fraction of sp³-hybridized carbons (Fsp3) is 0.444. The summed E-state index contributed by atoms with van der Waals surface area (Å²) in [5, 5.41) is 3.12. The van der Waals surface area contributed by atoms with Crippen molar-refractivity contribution in [1.82, 2.24) is 4.98 Å². The highest BCUT2D eigenvalue weighted by Gasteiger charge is 2.12. The quantitative estimate of drug-likeness (QED) is 0.871. The minimum absolute atomic E-state index is 0. The molecule has 0 fully saturated rings. The summed E-state index contributed by atoms with van der Waals surface area (Å²) in [7, 11) is 0. The zero-order valence-electron chi connectivity index (χ0n) is 8.79. The van der Waals surface area contributed by atoms with Gasteiger partial charge in [-0.25, -0.2) is 4.98 Å². The van der Waals surface area contributed by atoms with Crippen LogP contribution in [0, 0.1) is 6.92 Å². The largest absolute Gasteiger partial charge is 0.302 e. The van der Waals surface area contributed by atoms with E-state index in [-0.39, 0.29) is 28.7 Å². The standard InChI is InChI=1S/C9H12N2O2S.BrH/c1-4-7(13)11-9-10-5(2)8(14-9)6(3)12;/h4H2,1-3H3,(H,10,11,13);1H. The third kappa shape index (κ3) is 3.71. The normalized spacial score (nSPS) is 9.27. The van der Waals surface area contributed by atoms with Gasteiger partial charge in [-0.15, -0.1) is 17.0 Å². The Hall–Kier alpha value is -0.750. The number of nitrogens with one attached hydrogen (secondary N) is 1. The molecule has 0 saturated heterocycles. The van der Waals surface area contributed by atoms with E-state index < -0.39 is 0 Å². The van der Waals surface area contributed by atoms with Crippen molar-refractivity contribution in [2.75, 3.05) is 5.32 Å². The van der Waals surface area contributed by atoms with Gasteiger partial charge >= 0.3 is 0 Å². The lowest BCUT2D eigenvalue weighted by molar-refractivity contribution is -0.115. The second-order valence-electron chi connectivity index (χ2n) is 2.89. The number of ketones is 1. The van der Waals surface area contributed by atoms with E-state index in [0.717, 1.165) is 0 Å². The number of rotatable bonds is 3. The molecule has 0 radical (unpaired) electrons. The van der Waals surface area contributed by atoms with Gasteiger partial charge in [-0.05, 0) is 6.92 Å². The zero-order valence-corrected chi connectivity index (χ0v) is 11.3. The van der Waals surface area contributed by atoms with Gasteiger partial charge in [0.1, 0.15) is 0 Å². The fourth-order valence-corrected chi connectivity index (χ4v) is 1.86. The van der Waals surface area contributed by atoms with Crippen LogP contribution in [0.15, 0.2) is 0 Å². The van der Waals surface area contributed by atoms with E-state index >= 15 is 0 Å². The van der Waals surface area contributed by atoms with Crippen molar-refractivity contribution in [2.45, 2.75) is 27.2 Å². The summed E-state index contributed by atoms with van der Waals surface area (Å²) < 4.78 is 0. The lowest BCUT2D eigenvalue weighted by Crippen LogP contribution is -2.08. The highest BCUT2D eigenvalue weighted by atomic mass is 79.9. The highest BCUT2D eigenvalue weighted by Crippen LogP contribution is 2.22. The van der Waals surface area contributed by atoms with E-state index in [1.54, 1.807) is 13.8 Å². The highest BCUT2D eigenvalue weighted by molar-refractivity contribution is 8.93. The van der Waals surface area contributed by atoms with E-state index in [9.17, 15) is 9.59 Å². The Balaban J connectivity index is 0.00000196. The third-order valence-electron chi connectivity index (χ3n) is 1.68. The molecular weight excluding hydrogens is 280 g/mol. The number of hydrogen-bond donors (Lipinski definition) is 1. The van der Waals surface area contributed by atoms with E-state index in [4.69, 9.17) is 0 Å². The summed E-state index contributed by atoms with van der Waals surface area (Å²) in [6.45, 7) is 5.02. The van der Waals surface area contributed by atoms with Gasteiger partial charge in [0.05, 0.1) is 10.6 Å². The van der Waals surface area contributed by atoms with Crippen molar-refractivity contribution >= 4 is 45.1 Å². The van der Waals surface area contributed by atoms with Gasteiger partial charge in [0.25, 0.3) is 0 Å². The molecule has 15 heavy (non-hydrogen) atoms. The molecule has 1 aromatic rings. The predicted molar refractivity (Wildman–Crippen MR) is 66.1 cm³/mol. The number of aromatic nitrogens is 1. The van der Waals surface area contributed by atoms with Gasteiger partial charge in [0.2, 0.25) is 5.91 Å². The average molecular weight is 293 g/mol. The molecule has 1 amide bonds. The maximum absolute atomic E-state index is 11.1. The average Bonchev–Trinajstić information content (AvgIpc) is 2.46. The molecule has 0 atom stereocenters. The SMILES string of the molecule is Br.CCC(=O)Nc1nc(C)c(C(C)=O)s1. The molecule has 0 aliphatic heterocycles. The first kappa shape index (κ1) is 14.2. The summed E-state index contributed by atoms with van der Waals surface area (Å²) in [5.41, 5.74) is 0.675.